The standard InChI is InChI=1S/C23H18ClN5O/c24-20-11-5-4-10-18(20)15-29-16-19(22(28-29)17-8-2-1-3-9-17)14-26-27-23(30)21-12-6-7-13-25-21/h1-14,16H,15H2,(H,27,30)/b26-14-. The first-order valence-electron chi connectivity index (χ1n) is 9.31. The van der Waals surface area contributed by atoms with Crippen LogP contribution in [0.1, 0.15) is 21.6 Å². The highest BCUT2D eigenvalue weighted by Crippen LogP contribution is 2.22. The number of halogens is 1. The Morgan fingerprint density at radius 2 is 1.80 bits per heavy atom. The van der Waals surface area contributed by atoms with E-state index < -0.39 is 0 Å². The van der Waals surface area contributed by atoms with Gasteiger partial charge < -0.3 is 0 Å². The molecule has 0 atom stereocenters. The number of benzene rings is 2. The van der Waals surface area contributed by atoms with Crippen molar-refractivity contribution in [3.8, 4) is 11.3 Å². The summed E-state index contributed by atoms with van der Waals surface area (Å²) in [5.74, 6) is -0.378. The lowest BCUT2D eigenvalue weighted by Crippen LogP contribution is -2.18. The number of hydrogen-bond acceptors (Lipinski definition) is 4. The molecule has 0 saturated carbocycles. The third-order valence-electron chi connectivity index (χ3n) is 4.39. The van der Waals surface area contributed by atoms with Crippen molar-refractivity contribution in [2.45, 2.75) is 6.54 Å². The second kappa shape index (κ2) is 9.15. The number of pyridine rings is 1. The Labute approximate surface area is 178 Å². The monoisotopic (exact) mass is 415 g/mol. The summed E-state index contributed by atoms with van der Waals surface area (Å²) in [4.78, 5) is 16.2. The highest BCUT2D eigenvalue weighted by atomic mass is 35.5. The van der Waals surface area contributed by atoms with Gasteiger partial charge in [-0.2, -0.15) is 10.2 Å². The summed E-state index contributed by atoms with van der Waals surface area (Å²) in [7, 11) is 0. The van der Waals surface area contributed by atoms with E-state index in [0.29, 0.717) is 17.3 Å². The van der Waals surface area contributed by atoms with Gasteiger partial charge in [-0.15, -0.1) is 0 Å². The van der Waals surface area contributed by atoms with E-state index in [0.717, 1.165) is 22.4 Å². The van der Waals surface area contributed by atoms with E-state index in [1.165, 1.54) is 0 Å². The quantitative estimate of drug-likeness (QED) is 0.374. The van der Waals surface area contributed by atoms with Crippen molar-refractivity contribution in [2.75, 3.05) is 0 Å². The van der Waals surface area contributed by atoms with Crippen LogP contribution in [-0.2, 0) is 6.54 Å². The maximum absolute atomic E-state index is 12.2. The van der Waals surface area contributed by atoms with E-state index in [2.05, 4.69) is 15.5 Å². The molecule has 0 unspecified atom stereocenters. The summed E-state index contributed by atoms with van der Waals surface area (Å²) < 4.78 is 1.81. The minimum absolute atomic E-state index is 0.298. The number of hydrogen-bond donors (Lipinski definition) is 1. The maximum atomic E-state index is 12.2. The minimum atomic E-state index is -0.378. The molecular weight excluding hydrogens is 398 g/mol. The number of nitrogens with one attached hydrogen (secondary N) is 1. The Bertz CT molecular complexity index is 1170. The van der Waals surface area contributed by atoms with Crippen LogP contribution in [-0.4, -0.2) is 26.9 Å². The van der Waals surface area contributed by atoms with Crippen molar-refractivity contribution in [1.82, 2.24) is 20.2 Å². The van der Waals surface area contributed by atoms with Gasteiger partial charge in [-0.25, -0.2) is 5.43 Å². The number of hydrazone groups is 1. The van der Waals surface area contributed by atoms with Gasteiger partial charge in [0.1, 0.15) is 11.4 Å². The Morgan fingerprint density at radius 1 is 1.03 bits per heavy atom. The highest BCUT2D eigenvalue weighted by Gasteiger charge is 2.11. The predicted molar refractivity (Wildman–Crippen MR) is 118 cm³/mol. The fraction of sp³-hybridized carbons (Fsp3) is 0.0435. The van der Waals surface area contributed by atoms with Gasteiger partial charge in [0, 0.05) is 28.5 Å². The van der Waals surface area contributed by atoms with Gasteiger partial charge in [-0.3, -0.25) is 14.5 Å². The Hall–Kier alpha value is -3.77. The van der Waals surface area contributed by atoms with E-state index in [1.807, 2.05) is 65.5 Å². The molecule has 0 spiro atoms. The van der Waals surface area contributed by atoms with E-state index >= 15 is 0 Å². The molecule has 1 amide bonds. The molecule has 0 aliphatic rings. The second-order valence-corrected chi connectivity index (χ2v) is 6.91. The molecule has 4 aromatic rings. The van der Waals surface area contributed by atoms with Gasteiger partial charge >= 0.3 is 0 Å². The van der Waals surface area contributed by atoms with Crippen molar-refractivity contribution in [3.05, 3.63) is 107 Å². The first kappa shape index (κ1) is 19.5. The Balaban J connectivity index is 1.60. The number of rotatable bonds is 6. The molecule has 6 nitrogen and oxygen atoms in total. The molecule has 0 saturated heterocycles. The van der Waals surface area contributed by atoms with Crippen molar-refractivity contribution in [2.24, 2.45) is 5.10 Å². The molecule has 7 heteroatoms. The average molecular weight is 416 g/mol. The molecule has 0 fully saturated rings. The average Bonchev–Trinajstić information content (AvgIpc) is 3.19. The van der Waals surface area contributed by atoms with E-state index in [-0.39, 0.29) is 5.91 Å². The first-order valence-corrected chi connectivity index (χ1v) is 9.69. The zero-order valence-corrected chi connectivity index (χ0v) is 16.7. The second-order valence-electron chi connectivity index (χ2n) is 6.50. The van der Waals surface area contributed by atoms with Crippen LogP contribution in [0, 0.1) is 0 Å². The van der Waals surface area contributed by atoms with Crippen LogP contribution in [0.15, 0.2) is 90.3 Å². The fourth-order valence-corrected chi connectivity index (χ4v) is 3.14. The molecule has 30 heavy (non-hydrogen) atoms. The van der Waals surface area contributed by atoms with Gasteiger partial charge in [0.25, 0.3) is 5.91 Å². The maximum Gasteiger partial charge on any atom is 0.289 e. The number of amides is 1. The molecule has 1 N–H and O–H groups in total. The number of aromatic nitrogens is 3. The van der Waals surface area contributed by atoms with Crippen LogP contribution in [0.3, 0.4) is 0 Å². The van der Waals surface area contributed by atoms with E-state index in [1.54, 1.807) is 30.6 Å². The molecule has 2 aromatic heterocycles. The van der Waals surface area contributed by atoms with Crippen LogP contribution in [0.4, 0.5) is 0 Å². The molecule has 4 rings (SSSR count). The van der Waals surface area contributed by atoms with Gasteiger partial charge in [0.2, 0.25) is 0 Å². The Kier molecular flexibility index (Phi) is 5.96. The predicted octanol–water partition coefficient (Wildman–Crippen LogP) is 4.41. The Morgan fingerprint density at radius 3 is 2.57 bits per heavy atom. The normalized spacial score (nSPS) is 11.0. The lowest BCUT2D eigenvalue weighted by molar-refractivity contribution is 0.0950. The van der Waals surface area contributed by atoms with Crippen LogP contribution < -0.4 is 5.43 Å². The minimum Gasteiger partial charge on any atom is -0.267 e. The summed E-state index contributed by atoms with van der Waals surface area (Å²) in [6, 6.07) is 22.6. The number of carbonyl (C=O) groups is 1. The van der Waals surface area contributed by atoms with Crippen molar-refractivity contribution in [3.63, 3.8) is 0 Å². The van der Waals surface area contributed by atoms with Crippen molar-refractivity contribution >= 4 is 23.7 Å². The fourth-order valence-electron chi connectivity index (χ4n) is 2.95. The van der Waals surface area contributed by atoms with Crippen LogP contribution in [0.25, 0.3) is 11.3 Å². The molecule has 0 radical (unpaired) electrons. The molecule has 2 heterocycles. The molecule has 148 valence electrons. The summed E-state index contributed by atoms with van der Waals surface area (Å²) in [6.07, 6.45) is 5.02. The third-order valence-corrected chi connectivity index (χ3v) is 4.76. The van der Waals surface area contributed by atoms with Crippen LogP contribution >= 0.6 is 11.6 Å². The van der Waals surface area contributed by atoms with Gasteiger partial charge in [-0.1, -0.05) is 66.2 Å². The molecular formula is C23H18ClN5O. The number of nitrogens with zero attached hydrogens (tertiary/aromatic N) is 4. The zero-order chi connectivity index (χ0) is 20.8. The summed E-state index contributed by atoms with van der Waals surface area (Å²) in [5, 5.41) is 9.50. The lowest BCUT2D eigenvalue weighted by Gasteiger charge is -2.04. The highest BCUT2D eigenvalue weighted by molar-refractivity contribution is 6.31. The van der Waals surface area contributed by atoms with Gasteiger partial charge in [0.05, 0.1) is 12.8 Å². The summed E-state index contributed by atoms with van der Waals surface area (Å²) >= 11 is 6.29. The summed E-state index contributed by atoms with van der Waals surface area (Å²) in [6.45, 7) is 0.521. The smallest absolute Gasteiger partial charge is 0.267 e. The van der Waals surface area contributed by atoms with Crippen molar-refractivity contribution < 1.29 is 4.79 Å². The lowest BCUT2D eigenvalue weighted by atomic mass is 10.1. The van der Waals surface area contributed by atoms with E-state index in [9.17, 15) is 4.79 Å². The van der Waals surface area contributed by atoms with Gasteiger partial charge in [-0.05, 0) is 23.8 Å². The van der Waals surface area contributed by atoms with Crippen molar-refractivity contribution in [1.29, 1.82) is 0 Å². The number of carbonyl (C=O) groups excluding carboxylic acids is 1. The molecule has 0 aliphatic carbocycles. The summed E-state index contributed by atoms with van der Waals surface area (Å²) in [5.41, 5.74) is 6.26. The molecule has 0 aliphatic heterocycles. The van der Waals surface area contributed by atoms with Crippen LogP contribution in [0.2, 0.25) is 5.02 Å². The third kappa shape index (κ3) is 4.61. The zero-order valence-electron chi connectivity index (χ0n) is 15.9. The SMILES string of the molecule is O=C(N/N=C\c1cn(Cc2ccccc2Cl)nc1-c1ccccc1)c1ccccn1. The first-order chi connectivity index (χ1) is 14.7. The topological polar surface area (TPSA) is 72.2 Å². The molecule has 0 bridgehead atoms. The largest absolute Gasteiger partial charge is 0.289 e. The van der Waals surface area contributed by atoms with E-state index in [4.69, 9.17) is 16.7 Å². The van der Waals surface area contributed by atoms with Gasteiger partial charge in [0.15, 0.2) is 0 Å². The molecule has 2 aromatic carbocycles. The van der Waals surface area contributed by atoms with Crippen LogP contribution in [0.5, 0.6) is 0 Å².